The molecule has 0 amide bonds. The van der Waals surface area contributed by atoms with Crippen molar-refractivity contribution in [2.75, 3.05) is 0 Å². The van der Waals surface area contributed by atoms with E-state index in [-0.39, 0.29) is 5.89 Å². The molecule has 0 unspecified atom stereocenters. The van der Waals surface area contributed by atoms with E-state index < -0.39 is 0 Å². The molecule has 0 saturated heterocycles. The van der Waals surface area contributed by atoms with Gasteiger partial charge in [0.05, 0.1) is 0 Å². The first kappa shape index (κ1) is 7.50. The number of aromatic nitrogens is 2. The van der Waals surface area contributed by atoms with Crippen LogP contribution in [0.2, 0.25) is 0 Å². The van der Waals surface area contributed by atoms with Crippen molar-refractivity contribution >= 4 is 0 Å². The number of hydrogen-bond acceptors (Lipinski definition) is 4. The van der Waals surface area contributed by atoms with Crippen molar-refractivity contribution < 1.29 is 4.52 Å². The van der Waals surface area contributed by atoms with Gasteiger partial charge in [-0.3, -0.25) is 0 Å². The molecule has 4 heteroatoms. The zero-order valence-electron chi connectivity index (χ0n) is 6.64. The summed E-state index contributed by atoms with van der Waals surface area (Å²) < 4.78 is 4.65. The minimum atomic E-state index is -0.0150. The molecule has 0 radical (unpaired) electrons. The quantitative estimate of drug-likeness (QED) is 0.653. The van der Waals surface area contributed by atoms with Gasteiger partial charge >= 0.3 is 5.89 Å². The lowest BCUT2D eigenvalue weighted by Gasteiger charge is -1.89. The second kappa shape index (κ2) is 3.07. The summed E-state index contributed by atoms with van der Waals surface area (Å²) in [5.74, 6) is 0.427. The Balaban J connectivity index is 2.43. The molecule has 1 heterocycles. The normalized spacial score (nSPS) is 9.46. The summed E-state index contributed by atoms with van der Waals surface area (Å²) in [6.45, 7) is 0. The second-order valence-electron chi connectivity index (χ2n) is 2.40. The van der Waals surface area contributed by atoms with Gasteiger partial charge in [0, 0.05) is 5.56 Å². The fraction of sp³-hybridized carbons (Fsp3) is 0. The van der Waals surface area contributed by atoms with Crippen LogP contribution in [-0.2, 0) is 0 Å². The van der Waals surface area contributed by atoms with Gasteiger partial charge in [-0.05, 0) is 0 Å². The number of hydrogen-bond donors (Lipinski definition) is 0. The zero-order valence-corrected chi connectivity index (χ0v) is 6.64. The molecule has 0 saturated carbocycles. The van der Waals surface area contributed by atoms with Crippen LogP contribution in [0.4, 0.5) is 0 Å². The van der Waals surface area contributed by atoms with E-state index in [1.807, 2.05) is 30.3 Å². The Morgan fingerprint density at radius 2 is 2.00 bits per heavy atom. The zero-order chi connectivity index (χ0) is 9.10. The van der Waals surface area contributed by atoms with Crippen molar-refractivity contribution in [2.45, 2.75) is 0 Å². The summed E-state index contributed by atoms with van der Waals surface area (Å²) in [5, 5.41) is 12.1. The molecule has 1 aromatic heterocycles. The molecule has 62 valence electrons. The molecule has 2 aromatic rings. The Kier molecular flexibility index (Phi) is 1.77. The average molecular weight is 171 g/mol. The number of rotatable bonds is 1. The predicted molar refractivity (Wildman–Crippen MR) is 44.4 cm³/mol. The summed E-state index contributed by atoms with van der Waals surface area (Å²) >= 11 is 0. The molecule has 13 heavy (non-hydrogen) atoms. The molecule has 2 rings (SSSR count). The van der Waals surface area contributed by atoms with Crippen LogP contribution in [-0.4, -0.2) is 10.1 Å². The summed E-state index contributed by atoms with van der Waals surface area (Å²) in [6, 6.07) is 11.1. The minimum Gasteiger partial charge on any atom is -0.322 e. The highest BCUT2D eigenvalue weighted by Crippen LogP contribution is 2.13. The van der Waals surface area contributed by atoms with Crippen molar-refractivity contribution in [3.05, 3.63) is 36.2 Å². The standard InChI is InChI=1S/C9H5N3O/c10-6-8-11-9(12-13-8)7-4-2-1-3-5-7/h1-5H. The monoisotopic (exact) mass is 171 g/mol. The van der Waals surface area contributed by atoms with Crippen LogP contribution in [0.3, 0.4) is 0 Å². The van der Waals surface area contributed by atoms with Gasteiger partial charge < -0.3 is 4.52 Å². The van der Waals surface area contributed by atoms with Gasteiger partial charge in [-0.25, -0.2) is 0 Å². The van der Waals surface area contributed by atoms with E-state index >= 15 is 0 Å². The molecule has 0 aliphatic heterocycles. The summed E-state index contributed by atoms with van der Waals surface area (Å²) in [7, 11) is 0. The smallest absolute Gasteiger partial charge is 0.322 e. The molecule has 4 nitrogen and oxygen atoms in total. The van der Waals surface area contributed by atoms with E-state index in [0.717, 1.165) is 5.56 Å². The molecule has 0 aliphatic carbocycles. The molecule has 0 spiro atoms. The molecule has 1 aromatic carbocycles. The summed E-state index contributed by atoms with van der Waals surface area (Å²) in [5.41, 5.74) is 0.841. The van der Waals surface area contributed by atoms with Gasteiger partial charge in [-0.15, -0.1) is 0 Å². The third-order valence-corrected chi connectivity index (χ3v) is 1.55. The van der Waals surface area contributed by atoms with E-state index in [2.05, 4.69) is 14.7 Å². The van der Waals surface area contributed by atoms with Crippen LogP contribution in [0.5, 0.6) is 0 Å². The lowest BCUT2D eigenvalue weighted by molar-refractivity contribution is 0.408. The van der Waals surface area contributed by atoms with Gasteiger partial charge in [0.1, 0.15) is 0 Å². The fourth-order valence-corrected chi connectivity index (χ4v) is 0.973. The van der Waals surface area contributed by atoms with Crippen LogP contribution in [0.25, 0.3) is 11.4 Å². The Hall–Kier alpha value is -2.15. The Labute approximate surface area is 74.4 Å². The first-order valence-corrected chi connectivity index (χ1v) is 3.69. The van der Waals surface area contributed by atoms with Crippen LogP contribution >= 0.6 is 0 Å². The van der Waals surface area contributed by atoms with Crippen molar-refractivity contribution in [3.63, 3.8) is 0 Å². The topological polar surface area (TPSA) is 62.7 Å². The molecular weight excluding hydrogens is 166 g/mol. The molecular formula is C9H5N3O. The first-order chi connectivity index (χ1) is 6.40. The van der Waals surface area contributed by atoms with Crippen LogP contribution in [0.1, 0.15) is 5.89 Å². The van der Waals surface area contributed by atoms with Gasteiger partial charge in [-0.2, -0.15) is 10.2 Å². The summed E-state index contributed by atoms with van der Waals surface area (Å²) in [4.78, 5) is 3.86. The molecule has 0 bridgehead atoms. The molecule has 0 aliphatic rings. The predicted octanol–water partition coefficient (Wildman–Crippen LogP) is 1.61. The first-order valence-electron chi connectivity index (χ1n) is 3.69. The third kappa shape index (κ3) is 1.40. The van der Waals surface area contributed by atoms with Crippen LogP contribution < -0.4 is 0 Å². The Morgan fingerprint density at radius 3 is 2.62 bits per heavy atom. The van der Waals surface area contributed by atoms with E-state index in [0.29, 0.717) is 5.82 Å². The highest BCUT2D eigenvalue weighted by molar-refractivity contribution is 5.53. The maximum atomic E-state index is 8.45. The van der Waals surface area contributed by atoms with E-state index in [1.54, 1.807) is 6.07 Å². The Morgan fingerprint density at radius 1 is 1.23 bits per heavy atom. The lowest BCUT2D eigenvalue weighted by atomic mass is 10.2. The van der Waals surface area contributed by atoms with E-state index in [9.17, 15) is 0 Å². The van der Waals surface area contributed by atoms with Crippen LogP contribution in [0.15, 0.2) is 34.9 Å². The lowest BCUT2D eigenvalue weighted by Crippen LogP contribution is -1.78. The maximum absolute atomic E-state index is 8.45. The highest BCUT2D eigenvalue weighted by Gasteiger charge is 2.05. The number of nitriles is 1. The molecule has 0 fully saturated rings. The SMILES string of the molecule is N#Cc1nc(-c2ccccc2)no1. The van der Waals surface area contributed by atoms with E-state index in [1.165, 1.54) is 0 Å². The Bertz CT molecular complexity index is 441. The van der Waals surface area contributed by atoms with Gasteiger partial charge in [0.25, 0.3) is 0 Å². The highest BCUT2D eigenvalue weighted by atomic mass is 16.5. The molecule has 0 atom stereocenters. The minimum absolute atomic E-state index is 0.0150. The van der Waals surface area contributed by atoms with Crippen molar-refractivity contribution in [2.24, 2.45) is 0 Å². The van der Waals surface area contributed by atoms with Crippen molar-refractivity contribution in [3.8, 4) is 17.5 Å². The maximum Gasteiger partial charge on any atom is 0.329 e. The van der Waals surface area contributed by atoms with Gasteiger partial charge in [0.15, 0.2) is 6.07 Å². The van der Waals surface area contributed by atoms with Gasteiger partial charge in [-0.1, -0.05) is 35.5 Å². The van der Waals surface area contributed by atoms with Gasteiger partial charge in [0.2, 0.25) is 5.82 Å². The number of benzene rings is 1. The fourth-order valence-electron chi connectivity index (χ4n) is 0.973. The second-order valence-corrected chi connectivity index (χ2v) is 2.40. The third-order valence-electron chi connectivity index (χ3n) is 1.55. The number of nitrogens with zero attached hydrogens (tertiary/aromatic N) is 3. The van der Waals surface area contributed by atoms with Crippen molar-refractivity contribution in [1.29, 1.82) is 5.26 Å². The van der Waals surface area contributed by atoms with Crippen LogP contribution in [0, 0.1) is 11.3 Å². The average Bonchev–Trinajstić information content (AvgIpc) is 2.67. The summed E-state index contributed by atoms with van der Waals surface area (Å²) in [6.07, 6.45) is 0. The molecule has 0 N–H and O–H groups in total. The van der Waals surface area contributed by atoms with Crippen molar-refractivity contribution in [1.82, 2.24) is 10.1 Å². The van der Waals surface area contributed by atoms with E-state index in [4.69, 9.17) is 5.26 Å². The largest absolute Gasteiger partial charge is 0.329 e.